The highest BCUT2D eigenvalue weighted by atomic mass is 16.5. The molecule has 4 rings (SSSR count). The van der Waals surface area contributed by atoms with Gasteiger partial charge >= 0.3 is 6.09 Å². The van der Waals surface area contributed by atoms with Crippen LogP contribution in [0.4, 0.5) is 4.79 Å². The first-order valence-corrected chi connectivity index (χ1v) is 9.17. The van der Waals surface area contributed by atoms with Crippen molar-refractivity contribution in [3.8, 4) is 0 Å². The number of amides is 1. The lowest BCUT2D eigenvalue weighted by Gasteiger charge is -2.28. The highest BCUT2D eigenvalue weighted by molar-refractivity contribution is 5.67. The summed E-state index contributed by atoms with van der Waals surface area (Å²) in [5.74, 6) is 0.645. The van der Waals surface area contributed by atoms with Crippen LogP contribution in [0.15, 0.2) is 36.5 Å². The van der Waals surface area contributed by atoms with E-state index >= 15 is 0 Å². The summed E-state index contributed by atoms with van der Waals surface area (Å²) in [7, 11) is 0. The van der Waals surface area contributed by atoms with Crippen molar-refractivity contribution in [1.82, 2.24) is 20.3 Å². The Morgan fingerprint density at radius 3 is 2.60 bits per heavy atom. The second-order valence-corrected chi connectivity index (χ2v) is 7.11. The number of nitrogens with zero attached hydrogens (tertiary/aromatic N) is 3. The van der Waals surface area contributed by atoms with Crippen LogP contribution in [0.5, 0.6) is 0 Å². The van der Waals surface area contributed by atoms with Crippen molar-refractivity contribution >= 4 is 6.09 Å². The van der Waals surface area contributed by atoms with Gasteiger partial charge < -0.3 is 10.1 Å². The molecule has 2 aromatic rings. The molecule has 0 aliphatic heterocycles. The molecule has 2 aliphatic carbocycles. The van der Waals surface area contributed by atoms with E-state index in [1.165, 1.54) is 12.8 Å². The topological polar surface area (TPSA) is 69.0 Å². The Morgan fingerprint density at radius 2 is 1.88 bits per heavy atom. The first-order chi connectivity index (χ1) is 12.3. The Morgan fingerprint density at radius 1 is 1.12 bits per heavy atom. The largest absolute Gasteiger partial charge is 0.445 e. The normalized spacial score (nSPS) is 23.2. The molecule has 6 heteroatoms. The molecule has 0 radical (unpaired) electrons. The SMILES string of the molecule is O=C(N[C@H]1CC[C@H](n2cc(C3CC3)nn2)CC1)OCc1ccccc1. The van der Waals surface area contributed by atoms with Crippen molar-refractivity contribution in [3.05, 3.63) is 47.8 Å². The first kappa shape index (κ1) is 16.1. The number of aromatic nitrogens is 3. The van der Waals surface area contributed by atoms with Gasteiger partial charge in [-0.25, -0.2) is 9.48 Å². The number of ether oxygens (including phenoxy) is 1. The fraction of sp³-hybridized carbons (Fsp3) is 0.526. The molecule has 6 nitrogen and oxygen atoms in total. The average molecular weight is 340 g/mol. The zero-order valence-corrected chi connectivity index (χ0v) is 14.3. The van der Waals surface area contributed by atoms with Gasteiger partial charge in [-0.3, -0.25) is 0 Å². The highest BCUT2D eigenvalue weighted by Gasteiger charge is 2.29. The molecule has 1 heterocycles. The first-order valence-electron chi connectivity index (χ1n) is 9.17. The second-order valence-electron chi connectivity index (χ2n) is 7.11. The zero-order chi connectivity index (χ0) is 17.1. The summed E-state index contributed by atoms with van der Waals surface area (Å²) in [6.45, 7) is 0.310. The van der Waals surface area contributed by atoms with Gasteiger partial charge in [-0.05, 0) is 44.1 Å². The summed E-state index contributed by atoms with van der Waals surface area (Å²) in [5, 5.41) is 11.6. The van der Waals surface area contributed by atoms with Gasteiger partial charge in [0.2, 0.25) is 0 Å². The third-order valence-corrected chi connectivity index (χ3v) is 5.13. The number of alkyl carbamates (subject to hydrolysis) is 1. The molecule has 1 aromatic heterocycles. The lowest BCUT2D eigenvalue weighted by molar-refractivity contribution is 0.131. The number of hydrogen-bond acceptors (Lipinski definition) is 4. The summed E-state index contributed by atoms with van der Waals surface area (Å²) >= 11 is 0. The lowest BCUT2D eigenvalue weighted by Crippen LogP contribution is -2.38. The third kappa shape index (κ3) is 4.18. The van der Waals surface area contributed by atoms with Crippen LogP contribution in [0.1, 0.15) is 61.7 Å². The standard InChI is InChI=1S/C19H24N4O2/c24-19(25-13-14-4-2-1-3-5-14)20-16-8-10-17(11-9-16)23-12-18(21-22-23)15-6-7-15/h1-5,12,15-17H,6-11,13H2,(H,20,24)/t16-,17-. The molecule has 25 heavy (non-hydrogen) atoms. The summed E-state index contributed by atoms with van der Waals surface area (Å²) in [6, 6.07) is 10.3. The highest BCUT2D eigenvalue weighted by Crippen LogP contribution is 2.39. The number of benzene rings is 1. The molecule has 0 atom stereocenters. The number of hydrogen-bond donors (Lipinski definition) is 1. The van der Waals surface area contributed by atoms with Gasteiger partial charge in [0, 0.05) is 18.2 Å². The molecule has 0 unspecified atom stereocenters. The summed E-state index contributed by atoms with van der Waals surface area (Å²) < 4.78 is 7.33. The molecule has 1 amide bonds. The fourth-order valence-corrected chi connectivity index (χ4v) is 3.45. The van der Waals surface area contributed by atoms with Crippen LogP contribution in [0.3, 0.4) is 0 Å². The van der Waals surface area contributed by atoms with Gasteiger partial charge in [0.25, 0.3) is 0 Å². The van der Waals surface area contributed by atoms with Crippen LogP contribution in [-0.2, 0) is 11.3 Å². The summed E-state index contributed by atoms with van der Waals surface area (Å²) in [4.78, 5) is 12.0. The van der Waals surface area contributed by atoms with Gasteiger partial charge in [0.05, 0.1) is 11.7 Å². The summed E-state index contributed by atoms with van der Waals surface area (Å²) in [5.41, 5.74) is 2.14. The van der Waals surface area contributed by atoms with Crippen molar-refractivity contribution < 1.29 is 9.53 Å². The second kappa shape index (κ2) is 7.25. The maximum atomic E-state index is 12.0. The van der Waals surface area contributed by atoms with Gasteiger partial charge in [-0.1, -0.05) is 35.5 Å². The van der Waals surface area contributed by atoms with E-state index in [-0.39, 0.29) is 12.1 Å². The predicted molar refractivity (Wildman–Crippen MR) is 93.1 cm³/mol. The lowest BCUT2D eigenvalue weighted by atomic mass is 9.91. The van der Waals surface area contributed by atoms with Crippen LogP contribution >= 0.6 is 0 Å². The van der Waals surface area contributed by atoms with Crippen LogP contribution in [0, 0.1) is 0 Å². The van der Waals surface area contributed by atoms with Crippen LogP contribution in [0.25, 0.3) is 0 Å². The molecule has 2 aliphatic rings. The molecular formula is C19H24N4O2. The van der Waals surface area contributed by atoms with Crippen LogP contribution < -0.4 is 5.32 Å². The summed E-state index contributed by atoms with van der Waals surface area (Å²) in [6.07, 6.45) is 8.20. The van der Waals surface area contributed by atoms with E-state index < -0.39 is 0 Å². The van der Waals surface area contributed by atoms with Crippen LogP contribution in [-0.4, -0.2) is 27.1 Å². The Bertz CT molecular complexity index is 703. The quantitative estimate of drug-likeness (QED) is 0.903. The number of carbonyl (C=O) groups excluding carboxylic acids is 1. The molecule has 0 bridgehead atoms. The van der Waals surface area contributed by atoms with E-state index in [0.717, 1.165) is 36.9 Å². The number of rotatable bonds is 5. The van der Waals surface area contributed by atoms with E-state index in [1.807, 2.05) is 35.0 Å². The predicted octanol–water partition coefficient (Wildman–Crippen LogP) is 3.57. The van der Waals surface area contributed by atoms with E-state index in [0.29, 0.717) is 18.6 Å². The maximum absolute atomic E-state index is 12.0. The van der Waals surface area contributed by atoms with Crippen molar-refractivity contribution in [2.45, 2.75) is 63.1 Å². The molecular weight excluding hydrogens is 316 g/mol. The Hall–Kier alpha value is -2.37. The van der Waals surface area contributed by atoms with Crippen molar-refractivity contribution in [1.29, 1.82) is 0 Å². The van der Waals surface area contributed by atoms with Crippen molar-refractivity contribution in [2.24, 2.45) is 0 Å². The monoisotopic (exact) mass is 340 g/mol. The average Bonchev–Trinajstić information content (AvgIpc) is 3.39. The van der Waals surface area contributed by atoms with Gasteiger partial charge in [-0.2, -0.15) is 0 Å². The molecule has 1 aromatic carbocycles. The minimum Gasteiger partial charge on any atom is -0.445 e. The molecule has 2 fully saturated rings. The van der Waals surface area contributed by atoms with Crippen molar-refractivity contribution in [3.63, 3.8) is 0 Å². The number of carbonyl (C=O) groups is 1. The van der Waals surface area contributed by atoms with Crippen LogP contribution in [0.2, 0.25) is 0 Å². The molecule has 132 valence electrons. The molecule has 1 N–H and O–H groups in total. The Labute approximate surface area is 147 Å². The minimum absolute atomic E-state index is 0.186. The van der Waals surface area contributed by atoms with E-state index in [9.17, 15) is 4.79 Å². The Kier molecular flexibility index (Phi) is 4.68. The van der Waals surface area contributed by atoms with E-state index in [2.05, 4.69) is 21.8 Å². The fourth-order valence-electron chi connectivity index (χ4n) is 3.45. The third-order valence-electron chi connectivity index (χ3n) is 5.13. The van der Waals surface area contributed by atoms with Gasteiger partial charge in [0.15, 0.2) is 0 Å². The Balaban J connectivity index is 1.21. The van der Waals surface area contributed by atoms with Gasteiger partial charge in [-0.15, -0.1) is 5.10 Å². The minimum atomic E-state index is -0.330. The maximum Gasteiger partial charge on any atom is 0.407 e. The van der Waals surface area contributed by atoms with Crippen molar-refractivity contribution in [2.75, 3.05) is 0 Å². The molecule has 0 spiro atoms. The molecule has 0 saturated heterocycles. The van der Waals surface area contributed by atoms with E-state index in [4.69, 9.17) is 4.74 Å². The van der Waals surface area contributed by atoms with Gasteiger partial charge in [0.1, 0.15) is 6.61 Å². The van der Waals surface area contributed by atoms with E-state index in [1.54, 1.807) is 0 Å². The zero-order valence-electron chi connectivity index (χ0n) is 14.3. The number of nitrogens with one attached hydrogen (secondary N) is 1. The molecule has 2 saturated carbocycles. The smallest absolute Gasteiger partial charge is 0.407 e.